The zero-order valence-corrected chi connectivity index (χ0v) is 8.13. The van der Waals surface area contributed by atoms with E-state index in [1.165, 1.54) is 12.2 Å². The third kappa shape index (κ3) is 1.20. The molecule has 0 fully saturated rings. The summed E-state index contributed by atoms with van der Waals surface area (Å²) in [4.78, 5) is 22.9. The van der Waals surface area contributed by atoms with E-state index in [0.29, 0.717) is 11.1 Å². The molecule has 0 aromatic heterocycles. The average molecular weight is 186 g/mol. The molecule has 0 atom stereocenters. The first-order chi connectivity index (χ1) is 6.59. The zero-order chi connectivity index (χ0) is 10.3. The highest BCUT2D eigenvalue weighted by atomic mass is 16.1. The molecule has 70 valence electrons. The molecule has 14 heavy (non-hydrogen) atoms. The van der Waals surface area contributed by atoms with Gasteiger partial charge < -0.3 is 0 Å². The lowest BCUT2D eigenvalue weighted by Crippen LogP contribution is -2.12. The predicted octanol–water partition coefficient (Wildman–Crippen LogP) is 2.24. The van der Waals surface area contributed by atoms with E-state index in [1.807, 2.05) is 13.8 Å². The van der Waals surface area contributed by atoms with Crippen molar-refractivity contribution in [3.63, 3.8) is 0 Å². The summed E-state index contributed by atoms with van der Waals surface area (Å²) < 4.78 is 0. The second-order valence-electron chi connectivity index (χ2n) is 3.54. The Morgan fingerprint density at radius 3 is 1.50 bits per heavy atom. The number of fused-ring (bicyclic) bond motifs is 1. The van der Waals surface area contributed by atoms with Gasteiger partial charge in [-0.05, 0) is 49.3 Å². The summed E-state index contributed by atoms with van der Waals surface area (Å²) in [6, 6.07) is 3.57. The molecule has 1 aromatic rings. The van der Waals surface area contributed by atoms with Crippen molar-refractivity contribution in [1.82, 2.24) is 0 Å². The van der Waals surface area contributed by atoms with Gasteiger partial charge in [-0.25, -0.2) is 0 Å². The molecule has 0 N–H and O–H groups in total. The quantitative estimate of drug-likeness (QED) is 0.622. The normalized spacial score (nSPS) is 14.4. The summed E-state index contributed by atoms with van der Waals surface area (Å²) in [5, 5.41) is 0. The lowest BCUT2D eigenvalue weighted by Gasteiger charge is -2.11. The Morgan fingerprint density at radius 2 is 1.14 bits per heavy atom. The number of ketones is 2. The van der Waals surface area contributed by atoms with Gasteiger partial charge in [0.05, 0.1) is 0 Å². The second-order valence-corrected chi connectivity index (χ2v) is 3.54. The van der Waals surface area contributed by atoms with Gasteiger partial charge in [0.25, 0.3) is 0 Å². The van der Waals surface area contributed by atoms with Crippen LogP contribution in [0.3, 0.4) is 0 Å². The first-order valence-electron chi connectivity index (χ1n) is 4.47. The molecule has 1 aliphatic carbocycles. The fourth-order valence-electron chi connectivity index (χ4n) is 1.55. The van der Waals surface area contributed by atoms with Gasteiger partial charge >= 0.3 is 0 Å². The molecule has 0 unspecified atom stereocenters. The van der Waals surface area contributed by atoms with Crippen LogP contribution in [-0.2, 0) is 0 Å². The summed E-state index contributed by atoms with van der Waals surface area (Å²) in [6.07, 6.45) is 2.67. The van der Waals surface area contributed by atoms with Crippen molar-refractivity contribution in [3.05, 3.63) is 46.5 Å². The summed E-state index contributed by atoms with van der Waals surface area (Å²) in [5.41, 5.74) is 3.14. The van der Waals surface area contributed by atoms with Gasteiger partial charge in [-0.2, -0.15) is 0 Å². The summed E-state index contributed by atoms with van der Waals surface area (Å²) in [7, 11) is 0. The molecular formula is C12H10O2. The van der Waals surface area contributed by atoms with Gasteiger partial charge in [-0.3, -0.25) is 9.59 Å². The van der Waals surface area contributed by atoms with Gasteiger partial charge in [0.15, 0.2) is 11.6 Å². The molecule has 1 aliphatic rings. The van der Waals surface area contributed by atoms with Gasteiger partial charge in [-0.1, -0.05) is 0 Å². The molecule has 0 heterocycles. The predicted molar refractivity (Wildman–Crippen MR) is 53.7 cm³/mol. The maximum atomic E-state index is 11.5. The second kappa shape index (κ2) is 2.91. The maximum Gasteiger partial charge on any atom is 0.186 e. The van der Waals surface area contributed by atoms with Crippen LogP contribution in [0.2, 0.25) is 0 Å². The van der Waals surface area contributed by atoms with Crippen LogP contribution in [0.15, 0.2) is 24.3 Å². The minimum Gasteiger partial charge on any atom is -0.289 e. The van der Waals surface area contributed by atoms with Crippen LogP contribution in [0.5, 0.6) is 0 Å². The number of benzene rings is 1. The first kappa shape index (κ1) is 8.88. The Morgan fingerprint density at radius 1 is 0.786 bits per heavy atom. The Bertz CT molecular complexity index is 424. The maximum absolute atomic E-state index is 11.5. The molecule has 2 heteroatoms. The van der Waals surface area contributed by atoms with Crippen molar-refractivity contribution in [2.45, 2.75) is 13.8 Å². The molecule has 1 aromatic carbocycles. The van der Waals surface area contributed by atoms with Gasteiger partial charge in [0.2, 0.25) is 0 Å². The average Bonchev–Trinajstić information content (AvgIpc) is 2.15. The molecule has 0 bridgehead atoms. The van der Waals surface area contributed by atoms with Gasteiger partial charge in [-0.15, -0.1) is 0 Å². The van der Waals surface area contributed by atoms with Crippen molar-refractivity contribution < 1.29 is 9.59 Å². The van der Waals surface area contributed by atoms with Crippen LogP contribution >= 0.6 is 0 Å². The largest absolute Gasteiger partial charge is 0.289 e. The number of carbonyl (C=O) groups excluding carboxylic acids is 2. The van der Waals surface area contributed by atoms with Crippen molar-refractivity contribution in [3.8, 4) is 0 Å². The fraction of sp³-hybridized carbons (Fsp3) is 0.167. The molecule has 0 saturated carbocycles. The number of aryl methyl sites for hydroxylation is 2. The van der Waals surface area contributed by atoms with Crippen LogP contribution in [-0.4, -0.2) is 11.6 Å². The molecule has 0 amide bonds. The Kier molecular flexibility index (Phi) is 1.84. The van der Waals surface area contributed by atoms with Gasteiger partial charge in [0, 0.05) is 11.1 Å². The highest BCUT2D eigenvalue weighted by Crippen LogP contribution is 2.20. The van der Waals surface area contributed by atoms with Crippen molar-refractivity contribution in [2.24, 2.45) is 0 Å². The van der Waals surface area contributed by atoms with Crippen molar-refractivity contribution in [1.29, 1.82) is 0 Å². The van der Waals surface area contributed by atoms with Crippen LogP contribution < -0.4 is 0 Å². The minimum absolute atomic E-state index is 0.0808. The zero-order valence-electron chi connectivity index (χ0n) is 8.13. The van der Waals surface area contributed by atoms with E-state index in [9.17, 15) is 9.59 Å². The molecule has 2 nitrogen and oxygen atoms in total. The molecule has 0 saturated heterocycles. The van der Waals surface area contributed by atoms with E-state index in [1.54, 1.807) is 12.1 Å². The Labute approximate surface area is 82.2 Å². The lowest BCUT2D eigenvalue weighted by molar-refractivity contribution is 0.0994. The smallest absolute Gasteiger partial charge is 0.186 e. The standard InChI is InChI=1S/C12H10O2/c1-7-5-9-10(6-8(7)2)12(14)4-3-11(9)13/h3-6H,1-2H3. The van der Waals surface area contributed by atoms with E-state index in [2.05, 4.69) is 0 Å². The van der Waals surface area contributed by atoms with E-state index in [-0.39, 0.29) is 11.6 Å². The van der Waals surface area contributed by atoms with Crippen LogP contribution in [0.1, 0.15) is 31.8 Å². The Balaban J connectivity index is 2.73. The third-order valence-corrected chi connectivity index (χ3v) is 2.55. The third-order valence-electron chi connectivity index (χ3n) is 2.55. The van der Waals surface area contributed by atoms with Gasteiger partial charge in [0.1, 0.15) is 0 Å². The summed E-state index contributed by atoms with van der Waals surface area (Å²) >= 11 is 0. The SMILES string of the molecule is Cc1cc2c(cc1C)C(=O)C=CC2=O. The van der Waals surface area contributed by atoms with Crippen molar-refractivity contribution in [2.75, 3.05) is 0 Å². The fourth-order valence-corrected chi connectivity index (χ4v) is 1.55. The molecule has 0 spiro atoms. The molecule has 0 aliphatic heterocycles. The van der Waals surface area contributed by atoms with E-state index in [0.717, 1.165) is 11.1 Å². The molecule has 0 radical (unpaired) electrons. The first-order valence-corrected chi connectivity index (χ1v) is 4.47. The number of rotatable bonds is 0. The minimum atomic E-state index is -0.0808. The van der Waals surface area contributed by atoms with E-state index < -0.39 is 0 Å². The topological polar surface area (TPSA) is 34.1 Å². The monoisotopic (exact) mass is 186 g/mol. The van der Waals surface area contributed by atoms with Crippen molar-refractivity contribution >= 4 is 11.6 Å². The number of hydrogen-bond donors (Lipinski definition) is 0. The molecular weight excluding hydrogens is 176 g/mol. The number of allylic oxidation sites excluding steroid dienone is 2. The van der Waals surface area contributed by atoms with E-state index >= 15 is 0 Å². The van der Waals surface area contributed by atoms with Crippen LogP contribution in [0.25, 0.3) is 0 Å². The summed E-state index contributed by atoms with van der Waals surface area (Å²) in [6.45, 7) is 3.87. The number of hydrogen-bond acceptors (Lipinski definition) is 2. The lowest BCUT2D eigenvalue weighted by atomic mass is 9.91. The van der Waals surface area contributed by atoms with Crippen LogP contribution in [0, 0.1) is 13.8 Å². The summed E-state index contributed by atoms with van der Waals surface area (Å²) in [5.74, 6) is -0.162. The van der Waals surface area contributed by atoms with Crippen LogP contribution in [0.4, 0.5) is 0 Å². The molecule has 2 rings (SSSR count). The van der Waals surface area contributed by atoms with E-state index in [4.69, 9.17) is 0 Å². The Hall–Kier alpha value is -1.70. The highest BCUT2D eigenvalue weighted by molar-refractivity contribution is 6.22. The number of carbonyl (C=O) groups is 2. The highest BCUT2D eigenvalue weighted by Gasteiger charge is 2.19.